The second-order valence-electron chi connectivity index (χ2n) is 8.85. The van der Waals surface area contributed by atoms with Gasteiger partial charge in [-0.3, -0.25) is 14.3 Å². The predicted octanol–water partition coefficient (Wildman–Crippen LogP) is 1.65. The molecule has 0 spiro atoms. The smallest absolute Gasteiger partial charge is 0.254 e. The largest absolute Gasteiger partial charge is 0.381 e. The van der Waals surface area contributed by atoms with Gasteiger partial charge in [-0.2, -0.15) is 10.4 Å². The van der Waals surface area contributed by atoms with Crippen LogP contribution < -0.4 is 16.4 Å². The first kappa shape index (κ1) is 20.8. The van der Waals surface area contributed by atoms with E-state index in [4.69, 9.17) is 10.5 Å². The number of carbonyl (C=O) groups is 2. The maximum absolute atomic E-state index is 12.2. The standard InChI is InChI=1S/C21H30N6O3/c22-10-9-21(7-3-15(4-8-21)24-16-5-11-30-12-6-16)27-13-17(18(23)28)19(26-27)25-20(29)14-1-2-14/h13-16,24H,1-9,11-12H2,(H2,23,28)(H,25,26,29). The zero-order valence-electron chi connectivity index (χ0n) is 17.2. The van der Waals surface area contributed by atoms with E-state index in [2.05, 4.69) is 21.8 Å². The molecule has 1 saturated heterocycles. The molecule has 0 bridgehead atoms. The Bertz CT molecular complexity index is 826. The van der Waals surface area contributed by atoms with Crippen molar-refractivity contribution in [2.45, 2.75) is 75.4 Å². The summed E-state index contributed by atoms with van der Waals surface area (Å²) in [5.41, 5.74) is 5.25. The molecule has 2 aliphatic carbocycles. The molecule has 3 aliphatic rings. The van der Waals surface area contributed by atoms with E-state index in [0.717, 1.165) is 64.6 Å². The highest BCUT2D eigenvalue weighted by molar-refractivity contribution is 6.02. The number of rotatable bonds is 7. The van der Waals surface area contributed by atoms with Crippen LogP contribution in [0, 0.1) is 17.2 Å². The zero-order valence-corrected chi connectivity index (χ0v) is 17.2. The van der Waals surface area contributed by atoms with Crippen LogP contribution >= 0.6 is 0 Å². The minimum Gasteiger partial charge on any atom is -0.381 e. The number of nitrogens with one attached hydrogen (secondary N) is 2. The number of nitrogens with zero attached hydrogens (tertiary/aromatic N) is 3. The second-order valence-corrected chi connectivity index (χ2v) is 8.85. The normalized spacial score (nSPS) is 27.4. The second kappa shape index (κ2) is 8.74. The fourth-order valence-electron chi connectivity index (χ4n) is 4.61. The highest BCUT2D eigenvalue weighted by Gasteiger charge is 2.40. The molecule has 162 valence electrons. The van der Waals surface area contributed by atoms with Gasteiger partial charge in [0.25, 0.3) is 5.91 Å². The topological polar surface area (TPSA) is 135 Å². The fourth-order valence-corrected chi connectivity index (χ4v) is 4.61. The van der Waals surface area contributed by atoms with Gasteiger partial charge in [-0.05, 0) is 51.4 Å². The van der Waals surface area contributed by atoms with Crippen LogP contribution in [-0.4, -0.2) is 46.9 Å². The highest BCUT2D eigenvalue weighted by Crippen LogP contribution is 2.39. The third-order valence-corrected chi connectivity index (χ3v) is 6.67. The Labute approximate surface area is 176 Å². The van der Waals surface area contributed by atoms with Gasteiger partial charge < -0.3 is 21.1 Å². The third-order valence-electron chi connectivity index (χ3n) is 6.67. The number of primary amides is 1. The van der Waals surface area contributed by atoms with Crippen LogP contribution in [0.25, 0.3) is 0 Å². The molecular formula is C21H30N6O3. The summed E-state index contributed by atoms with van der Waals surface area (Å²) in [6.45, 7) is 1.61. The van der Waals surface area contributed by atoms with Crippen LogP contribution in [0.5, 0.6) is 0 Å². The number of carbonyl (C=O) groups excluding carboxylic acids is 2. The Balaban J connectivity index is 1.49. The maximum Gasteiger partial charge on any atom is 0.254 e. The summed E-state index contributed by atoms with van der Waals surface area (Å²) in [7, 11) is 0. The van der Waals surface area contributed by atoms with Gasteiger partial charge >= 0.3 is 0 Å². The van der Waals surface area contributed by atoms with Crippen LogP contribution in [0.2, 0.25) is 0 Å². The summed E-state index contributed by atoms with van der Waals surface area (Å²) in [5, 5.41) is 20.5. The van der Waals surface area contributed by atoms with Crippen LogP contribution in [0.4, 0.5) is 5.82 Å². The molecule has 3 fully saturated rings. The molecule has 1 aromatic heterocycles. The van der Waals surface area contributed by atoms with Crippen molar-refractivity contribution in [3.63, 3.8) is 0 Å². The lowest BCUT2D eigenvalue weighted by molar-refractivity contribution is -0.117. The van der Waals surface area contributed by atoms with E-state index in [1.165, 1.54) is 0 Å². The number of hydrogen-bond donors (Lipinski definition) is 3. The molecule has 2 amide bonds. The van der Waals surface area contributed by atoms with Gasteiger partial charge in [0.2, 0.25) is 5.91 Å². The van der Waals surface area contributed by atoms with Crippen LogP contribution in [0.15, 0.2) is 6.20 Å². The zero-order chi connectivity index (χ0) is 21.1. The molecular weight excluding hydrogens is 384 g/mol. The van der Waals surface area contributed by atoms with E-state index in [9.17, 15) is 14.9 Å². The molecule has 0 unspecified atom stereocenters. The average Bonchev–Trinajstić information content (AvgIpc) is 3.51. The lowest BCUT2D eigenvalue weighted by Crippen LogP contribution is -2.47. The molecule has 9 heteroatoms. The monoisotopic (exact) mass is 414 g/mol. The Morgan fingerprint density at radius 3 is 2.47 bits per heavy atom. The molecule has 1 aromatic rings. The van der Waals surface area contributed by atoms with Crippen LogP contribution in [0.3, 0.4) is 0 Å². The molecule has 4 N–H and O–H groups in total. The van der Waals surface area contributed by atoms with E-state index in [-0.39, 0.29) is 23.2 Å². The molecule has 30 heavy (non-hydrogen) atoms. The Kier molecular flexibility index (Phi) is 6.06. The van der Waals surface area contributed by atoms with Gasteiger partial charge in [0.15, 0.2) is 5.82 Å². The van der Waals surface area contributed by atoms with Gasteiger partial charge in [0.05, 0.1) is 18.0 Å². The average molecular weight is 415 g/mol. The molecule has 0 atom stereocenters. The Morgan fingerprint density at radius 2 is 1.87 bits per heavy atom. The third kappa shape index (κ3) is 4.50. The van der Waals surface area contributed by atoms with Crippen LogP contribution in [-0.2, 0) is 15.1 Å². The summed E-state index contributed by atoms with van der Waals surface area (Å²) in [6.07, 6.45) is 9.09. The molecule has 2 saturated carbocycles. The molecule has 4 rings (SSSR count). The number of hydrogen-bond acceptors (Lipinski definition) is 6. The van der Waals surface area contributed by atoms with E-state index in [1.807, 2.05) is 0 Å². The Hall–Kier alpha value is -2.44. The molecule has 0 radical (unpaired) electrons. The number of amides is 2. The number of nitrogens with two attached hydrogens (primary N) is 1. The summed E-state index contributed by atoms with van der Waals surface area (Å²) in [5.74, 6) is -0.550. The summed E-state index contributed by atoms with van der Waals surface area (Å²) < 4.78 is 7.15. The van der Waals surface area contributed by atoms with Crippen molar-refractivity contribution in [1.82, 2.24) is 15.1 Å². The van der Waals surface area contributed by atoms with Gasteiger partial charge in [-0.1, -0.05) is 0 Å². The summed E-state index contributed by atoms with van der Waals surface area (Å²) in [6, 6.07) is 3.19. The molecule has 1 aliphatic heterocycles. The summed E-state index contributed by atoms with van der Waals surface area (Å²) in [4.78, 5) is 24.1. The van der Waals surface area contributed by atoms with Gasteiger partial charge in [0.1, 0.15) is 5.56 Å². The van der Waals surface area contributed by atoms with Gasteiger partial charge in [-0.15, -0.1) is 0 Å². The first-order valence-electron chi connectivity index (χ1n) is 10.9. The van der Waals surface area contributed by atoms with Crippen molar-refractivity contribution in [1.29, 1.82) is 5.26 Å². The maximum atomic E-state index is 12.2. The number of nitriles is 1. The van der Waals surface area contributed by atoms with E-state index < -0.39 is 11.4 Å². The van der Waals surface area contributed by atoms with E-state index >= 15 is 0 Å². The van der Waals surface area contributed by atoms with Crippen molar-refractivity contribution < 1.29 is 14.3 Å². The SMILES string of the molecule is N#CCC1(n2cc(C(N)=O)c(NC(=O)C3CC3)n2)CCC(NC2CCOCC2)CC1. The lowest BCUT2D eigenvalue weighted by Gasteiger charge is -2.40. The van der Waals surface area contributed by atoms with E-state index in [1.54, 1.807) is 10.9 Å². The molecule has 9 nitrogen and oxygen atoms in total. The van der Waals surface area contributed by atoms with Crippen molar-refractivity contribution in [2.24, 2.45) is 11.7 Å². The van der Waals surface area contributed by atoms with Crippen molar-refractivity contribution >= 4 is 17.6 Å². The molecule has 0 aromatic carbocycles. The van der Waals surface area contributed by atoms with Gasteiger partial charge in [-0.25, -0.2) is 0 Å². The first-order chi connectivity index (χ1) is 14.5. The van der Waals surface area contributed by atoms with Gasteiger partial charge in [0, 0.05) is 37.4 Å². The minimum atomic E-state index is -0.630. The number of ether oxygens (including phenoxy) is 1. The first-order valence-corrected chi connectivity index (χ1v) is 10.9. The number of anilines is 1. The van der Waals surface area contributed by atoms with Crippen molar-refractivity contribution in [2.75, 3.05) is 18.5 Å². The Morgan fingerprint density at radius 1 is 1.20 bits per heavy atom. The quantitative estimate of drug-likeness (QED) is 0.621. The fraction of sp³-hybridized carbons (Fsp3) is 0.714. The molecule has 2 heterocycles. The van der Waals surface area contributed by atoms with Crippen LogP contribution in [0.1, 0.15) is 68.1 Å². The lowest BCUT2D eigenvalue weighted by atomic mass is 9.77. The predicted molar refractivity (Wildman–Crippen MR) is 110 cm³/mol. The van der Waals surface area contributed by atoms with E-state index in [0.29, 0.717) is 18.5 Å². The summed E-state index contributed by atoms with van der Waals surface area (Å²) >= 11 is 0. The van der Waals surface area contributed by atoms with Crippen molar-refractivity contribution in [3.05, 3.63) is 11.8 Å². The highest BCUT2D eigenvalue weighted by atomic mass is 16.5. The number of aromatic nitrogens is 2. The minimum absolute atomic E-state index is 0.00403. The van der Waals surface area contributed by atoms with Crippen molar-refractivity contribution in [3.8, 4) is 6.07 Å².